The number of aliphatic hydroxyl groups excluding tert-OH is 3. The van der Waals surface area contributed by atoms with E-state index >= 15 is 0 Å². The van der Waals surface area contributed by atoms with E-state index in [4.69, 9.17) is 9.47 Å². The first-order valence-electron chi connectivity index (χ1n) is 12.7. The molecular formula is C25H38O8. The number of hydrogen-bond acceptors (Lipinski definition) is 7. The zero-order valence-electron chi connectivity index (χ0n) is 19.6. The van der Waals surface area contributed by atoms with Crippen molar-refractivity contribution in [1.82, 2.24) is 0 Å². The molecule has 33 heavy (non-hydrogen) atoms. The number of aliphatic hydroxyl groups is 3. The number of ether oxygens (including phenoxy) is 2. The van der Waals surface area contributed by atoms with Gasteiger partial charge in [-0.1, -0.05) is 13.8 Å². The number of carbonyl (C=O) groups excluding carboxylic acids is 1. The van der Waals surface area contributed by atoms with Crippen LogP contribution < -0.4 is 0 Å². The zero-order valence-corrected chi connectivity index (χ0v) is 19.6. The summed E-state index contributed by atoms with van der Waals surface area (Å²) in [6, 6.07) is 0. The Kier molecular flexibility index (Phi) is 5.93. The summed E-state index contributed by atoms with van der Waals surface area (Å²) in [5, 5.41) is 39.6. The molecule has 186 valence electrons. The SMILES string of the molecule is C[C@]12CC[C@H](OC3O[C@H](C(=O)O)[C@@H](O)[C@H](O)[C@H]3O)CC1CC[C@@H]1[C@@H]2CC[C@]2(C)C(=O)CC[C@@H]12. The highest BCUT2D eigenvalue weighted by atomic mass is 16.7. The third-order valence-corrected chi connectivity index (χ3v) is 10.5. The Labute approximate surface area is 194 Å². The van der Waals surface area contributed by atoms with E-state index in [-0.39, 0.29) is 16.9 Å². The second-order valence-corrected chi connectivity index (χ2v) is 11.8. The fourth-order valence-corrected chi connectivity index (χ4v) is 8.47. The predicted octanol–water partition coefficient (Wildman–Crippen LogP) is 1.88. The van der Waals surface area contributed by atoms with Crippen molar-refractivity contribution < 1.29 is 39.5 Å². The highest BCUT2D eigenvalue weighted by molar-refractivity contribution is 5.87. The number of hydrogen-bond donors (Lipinski definition) is 4. The molecular weight excluding hydrogens is 428 g/mol. The molecule has 5 fully saturated rings. The van der Waals surface area contributed by atoms with E-state index in [1.54, 1.807) is 0 Å². The Morgan fingerprint density at radius 2 is 1.73 bits per heavy atom. The van der Waals surface area contributed by atoms with E-state index in [0.717, 1.165) is 57.8 Å². The van der Waals surface area contributed by atoms with Gasteiger partial charge in [0.25, 0.3) is 0 Å². The second-order valence-electron chi connectivity index (χ2n) is 11.8. The van der Waals surface area contributed by atoms with Crippen molar-refractivity contribution in [2.75, 3.05) is 0 Å². The summed E-state index contributed by atoms with van der Waals surface area (Å²) < 4.78 is 11.4. The molecule has 8 heteroatoms. The molecule has 4 aliphatic carbocycles. The third kappa shape index (κ3) is 3.59. The van der Waals surface area contributed by atoms with Crippen molar-refractivity contribution in [1.29, 1.82) is 0 Å². The van der Waals surface area contributed by atoms with Gasteiger partial charge in [0.05, 0.1) is 6.10 Å². The minimum Gasteiger partial charge on any atom is -0.479 e. The van der Waals surface area contributed by atoms with Gasteiger partial charge in [0.1, 0.15) is 24.1 Å². The molecule has 5 aliphatic rings. The molecule has 5 rings (SSSR count). The number of ketones is 1. The van der Waals surface area contributed by atoms with E-state index in [0.29, 0.717) is 29.5 Å². The van der Waals surface area contributed by atoms with Gasteiger partial charge in [0.2, 0.25) is 0 Å². The standard InChI is InChI=1S/C25H38O8/c1-24-9-7-13(32-23-20(29)18(27)19(28)21(33-23)22(30)31)11-12(24)3-4-14-15-5-6-17(26)25(15,2)10-8-16(14)24/h12-16,18-21,23,27-29H,3-11H2,1-2H3,(H,30,31)/t12?,13-,14-,15-,16-,18-,19-,20+,21-,23?,24-,25-/m0/s1. The maximum atomic E-state index is 12.6. The van der Waals surface area contributed by atoms with Crippen molar-refractivity contribution in [3.8, 4) is 0 Å². The highest BCUT2D eigenvalue weighted by Crippen LogP contribution is 2.65. The molecule has 1 heterocycles. The molecule has 1 aliphatic heterocycles. The normalized spacial score (nSPS) is 54.3. The molecule has 2 unspecified atom stereocenters. The average Bonchev–Trinajstić information content (AvgIpc) is 3.08. The number of aliphatic carboxylic acids is 1. The van der Waals surface area contributed by atoms with Crippen LogP contribution in [0.3, 0.4) is 0 Å². The van der Waals surface area contributed by atoms with Gasteiger partial charge in [-0.05, 0) is 80.5 Å². The first-order chi connectivity index (χ1) is 15.6. The Balaban J connectivity index is 1.26. The van der Waals surface area contributed by atoms with Gasteiger partial charge >= 0.3 is 5.97 Å². The molecule has 1 saturated heterocycles. The van der Waals surface area contributed by atoms with Gasteiger partial charge in [-0.15, -0.1) is 0 Å². The van der Waals surface area contributed by atoms with Crippen LogP contribution in [0.2, 0.25) is 0 Å². The summed E-state index contributed by atoms with van der Waals surface area (Å²) in [4.78, 5) is 24.0. The van der Waals surface area contributed by atoms with Gasteiger partial charge in [-0.2, -0.15) is 0 Å². The average molecular weight is 467 g/mol. The first-order valence-corrected chi connectivity index (χ1v) is 12.7. The van der Waals surface area contributed by atoms with Gasteiger partial charge in [0.15, 0.2) is 12.4 Å². The molecule has 0 radical (unpaired) electrons. The number of carboxylic acid groups (broad SMARTS) is 1. The lowest BCUT2D eigenvalue weighted by Gasteiger charge is -2.60. The van der Waals surface area contributed by atoms with Crippen LogP contribution in [0.25, 0.3) is 0 Å². The number of carboxylic acids is 1. The Hall–Kier alpha value is -1.06. The maximum absolute atomic E-state index is 12.6. The van der Waals surface area contributed by atoms with Gasteiger partial charge < -0.3 is 29.9 Å². The molecule has 0 spiro atoms. The third-order valence-electron chi connectivity index (χ3n) is 10.5. The van der Waals surface area contributed by atoms with Gasteiger partial charge in [-0.25, -0.2) is 4.79 Å². The Morgan fingerprint density at radius 3 is 2.45 bits per heavy atom. The Bertz CT molecular complexity index is 801. The van der Waals surface area contributed by atoms with Crippen molar-refractivity contribution >= 4 is 11.8 Å². The molecule has 0 amide bonds. The van der Waals surface area contributed by atoms with Crippen LogP contribution in [0.4, 0.5) is 0 Å². The lowest BCUT2D eigenvalue weighted by molar-refractivity contribution is -0.309. The van der Waals surface area contributed by atoms with Crippen molar-refractivity contribution in [3.05, 3.63) is 0 Å². The van der Waals surface area contributed by atoms with Gasteiger partial charge in [0, 0.05) is 11.8 Å². The van der Waals surface area contributed by atoms with Crippen LogP contribution in [-0.2, 0) is 19.1 Å². The monoisotopic (exact) mass is 466 g/mol. The van der Waals surface area contributed by atoms with Crippen LogP contribution in [-0.4, -0.2) is 69.0 Å². The van der Waals surface area contributed by atoms with Crippen LogP contribution >= 0.6 is 0 Å². The summed E-state index contributed by atoms with van der Waals surface area (Å²) in [6.07, 6.45) is 0.719. The highest BCUT2D eigenvalue weighted by Gasteiger charge is 2.60. The largest absolute Gasteiger partial charge is 0.479 e. The van der Waals surface area contributed by atoms with Crippen LogP contribution in [0.5, 0.6) is 0 Å². The summed E-state index contributed by atoms with van der Waals surface area (Å²) in [6.45, 7) is 4.62. The molecule has 4 N–H and O–H groups in total. The van der Waals surface area contributed by atoms with Gasteiger partial charge in [-0.3, -0.25) is 4.79 Å². The topological polar surface area (TPSA) is 134 Å². The zero-order chi connectivity index (χ0) is 23.7. The lowest BCUT2D eigenvalue weighted by Crippen LogP contribution is -2.61. The smallest absolute Gasteiger partial charge is 0.335 e. The molecule has 8 nitrogen and oxygen atoms in total. The van der Waals surface area contributed by atoms with Crippen molar-refractivity contribution in [2.45, 2.75) is 108 Å². The molecule has 0 bridgehead atoms. The second kappa shape index (κ2) is 8.26. The fourth-order valence-electron chi connectivity index (χ4n) is 8.47. The molecule has 4 saturated carbocycles. The predicted molar refractivity (Wildman–Crippen MR) is 116 cm³/mol. The molecule has 0 aromatic heterocycles. The van der Waals surface area contributed by atoms with E-state index < -0.39 is 36.7 Å². The number of Topliss-reactive ketones (excluding diaryl/α,β-unsaturated/α-hetero) is 1. The summed E-state index contributed by atoms with van der Waals surface area (Å²) in [5.74, 6) is 1.28. The van der Waals surface area contributed by atoms with E-state index in [9.17, 15) is 30.0 Å². The number of carbonyl (C=O) groups is 2. The Morgan fingerprint density at radius 1 is 0.970 bits per heavy atom. The first kappa shape index (κ1) is 23.7. The summed E-state index contributed by atoms with van der Waals surface area (Å²) >= 11 is 0. The summed E-state index contributed by atoms with van der Waals surface area (Å²) in [5.41, 5.74) is 0.0757. The minimum atomic E-state index is -1.71. The quantitative estimate of drug-likeness (QED) is 0.463. The van der Waals surface area contributed by atoms with Crippen LogP contribution in [0.15, 0.2) is 0 Å². The van der Waals surface area contributed by atoms with E-state index in [1.165, 1.54) is 0 Å². The lowest BCUT2D eigenvalue weighted by atomic mass is 9.45. The van der Waals surface area contributed by atoms with E-state index in [1.807, 2.05) is 0 Å². The number of rotatable bonds is 3. The fraction of sp³-hybridized carbons (Fsp3) is 0.920. The van der Waals surface area contributed by atoms with Crippen LogP contribution in [0, 0.1) is 34.5 Å². The summed E-state index contributed by atoms with van der Waals surface area (Å²) in [7, 11) is 0. The minimum absolute atomic E-state index is 0.120. The van der Waals surface area contributed by atoms with Crippen LogP contribution in [0.1, 0.15) is 71.6 Å². The van der Waals surface area contributed by atoms with Crippen molar-refractivity contribution in [3.63, 3.8) is 0 Å². The molecule has 0 aromatic carbocycles. The maximum Gasteiger partial charge on any atom is 0.335 e. The molecule has 12 atom stereocenters. The molecule has 0 aromatic rings. The van der Waals surface area contributed by atoms with E-state index in [2.05, 4.69) is 13.8 Å². The van der Waals surface area contributed by atoms with Crippen molar-refractivity contribution in [2.24, 2.45) is 34.5 Å². The number of fused-ring (bicyclic) bond motifs is 5.